The molecule has 2 heterocycles. The average molecular weight is 340 g/mol. The lowest BCUT2D eigenvalue weighted by Gasteiger charge is -2.25. The second-order valence-corrected chi connectivity index (χ2v) is 6.19. The Hall–Kier alpha value is -2.76. The summed E-state index contributed by atoms with van der Waals surface area (Å²) in [6.45, 7) is 1.44. The molecule has 0 atom stereocenters. The normalized spacial score (nSPS) is 15.6. The van der Waals surface area contributed by atoms with Crippen LogP contribution in [0.1, 0.15) is 28.9 Å². The van der Waals surface area contributed by atoms with E-state index in [4.69, 9.17) is 14.2 Å². The van der Waals surface area contributed by atoms with Crippen LogP contribution in [0.5, 0.6) is 17.2 Å². The van der Waals surface area contributed by atoms with E-state index in [0.29, 0.717) is 42.6 Å². The summed E-state index contributed by atoms with van der Waals surface area (Å²) in [5.74, 6) is 1.60. The van der Waals surface area contributed by atoms with Crippen LogP contribution in [0, 0.1) is 0 Å². The van der Waals surface area contributed by atoms with E-state index < -0.39 is 0 Å². The molecule has 1 aliphatic carbocycles. The molecule has 1 saturated carbocycles. The summed E-state index contributed by atoms with van der Waals surface area (Å²) in [6, 6.07) is 9.49. The van der Waals surface area contributed by atoms with Crippen molar-refractivity contribution >= 4 is 5.91 Å². The van der Waals surface area contributed by atoms with Crippen LogP contribution >= 0.6 is 0 Å². The number of pyridine rings is 1. The first-order chi connectivity index (χ1) is 12.3. The first-order valence-electron chi connectivity index (χ1n) is 8.45. The fourth-order valence-corrected chi connectivity index (χ4v) is 2.98. The van der Waals surface area contributed by atoms with Gasteiger partial charge in [0.15, 0.2) is 11.5 Å². The summed E-state index contributed by atoms with van der Waals surface area (Å²) in [5.41, 5.74) is 1.43. The van der Waals surface area contributed by atoms with Gasteiger partial charge < -0.3 is 19.1 Å². The standard InChI is InChI=1S/C19H20N2O4/c1-23-16-10-13(11-17-18(16)25-9-8-24-17)19(22)21(15-5-6-15)12-14-4-2-3-7-20-14/h2-4,7,10-11,15H,5-6,8-9,12H2,1H3. The van der Waals surface area contributed by atoms with E-state index in [-0.39, 0.29) is 11.9 Å². The SMILES string of the molecule is COc1cc(C(=O)N(Cc2ccccn2)C2CC2)cc2c1OCCO2. The van der Waals surface area contributed by atoms with Crippen LogP contribution in [0.2, 0.25) is 0 Å². The summed E-state index contributed by atoms with van der Waals surface area (Å²) in [6.07, 6.45) is 3.80. The molecule has 0 saturated heterocycles. The molecular weight excluding hydrogens is 320 g/mol. The van der Waals surface area contributed by atoms with E-state index in [1.54, 1.807) is 25.4 Å². The van der Waals surface area contributed by atoms with Gasteiger partial charge in [-0.25, -0.2) is 0 Å². The molecule has 1 aliphatic heterocycles. The number of rotatable bonds is 5. The van der Waals surface area contributed by atoms with E-state index in [2.05, 4.69) is 4.98 Å². The molecule has 0 unspecified atom stereocenters. The Morgan fingerprint density at radius 1 is 1.28 bits per heavy atom. The molecule has 6 nitrogen and oxygen atoms in total. The third-order valence-electron chi connectivity index (χ3n) is 4.38. The highest BCUT2D eigenvalue weighted by atomic mass is 16.6. The zero-order chi connectivity index (χ0) is 17.2. The smallest absolute Gasteiger partial charge is 0.254 e. The van der Waals surface area contributed by atoms with Gasteiger partial charge in [0, 0.05) is 17.8 Å². The Morgan fingerprint density at radius 2 is 2.12 bits per heavy atom. The van der Waals surface area contributed by atoms with Crippen molar-refractivity contribution in [2.75, 3.05) is 20.3 Å². The monoisotopic (exact) mass is 340 g/mol. The number of ether oxygens (including phenoxy) is 3. The van der Waals surface area contributed by atoms with Crippen LogP contribution in [0.25, 0.3) is 0 Å². The second kappa shape index (κ2) is 6.63. The van der Waals surface area contributed by atoms with Gasteiger partial charge in [-0.15, -0.1) is 0 Å². The van der Waals surface area contributed by atoms with Gasteiger partial charge in [0.05, 0.1) is 19.3 Å². The number of benzene rings is 1. The highest BCUT2D eigenvalue weighted by Gasteiger charge is 2.34. The highest BCUT2D eigenvalue weighted by Crippen LogP contribution is 2.41. The predicted molar refractivity (Wildman–Crippen MR) is 91.1 cm³/mol. The molecule has 1 amide bonds. The number of amides is 1. The van der Waals surface area contributed by atoms with Crippen molar-refractivity contribution < 1.29 is 19.0 Å². The Kier molecular flexibility index (Phi) is 4.17. The average Bonchev–Trinajstić information content (AvgIpc) is 3.50. The summed E-state index contributed by atoms with van der Waals surface area (Å²) in [5, 5.41) is 0. The van der Waals surface area contributed by atoms with Crippen LogP contribution in [0.3, 0.4) is 0 Å². The van der Waals surface area contributed by atoms with E-state index in [1.807, 2.05) is 23.1 Å². The number of carbonyl (C=O) groups is 1. The van der Waals surface area contributed by atoms with E-state index in [9.17, 15) is 4.79 Å². The zero-order valence-electron chi connectivity index (χ0n) is 14.1. The summed E-state index contributed by atoms with van der Waals surface area (Å²) < 4.78 is 16.6. The first-order valence-corrected chi connectivity index (χ1v) is 8.45. The van der Waals surface area contributed by atoms with Crippen LogP contribution in [-0.4, -0.2) is 42.2 Å². The fourth-order valence-electron chi connectivity index (χ4n) is 2.98. The molecule has 1 aromatic carbocycles. The minimum Gasteiger partial charge on any atom is -0.493 e. The van der Waals surface area contributed by atoms with Gasteiger partial charge in [0.25, 0.3) is 5.91 Å². The molecule has 1 fully saturated rings. The van der Waals surface area contributed by atoms with E-state index in [0.717, 1.165) is 18.5 Å². The summed E-state index contributed by atoms with van der Waals surface area (Å²) in [4.78, 5) is 19.4. The molecule has 4 rings (SSSR count). The Bertz CT molecular complexity index is 757. The van der Waals surface area contributed by atoms with Gasteiger partial charge >= 0.3 is 0 Å². The number of hydrogen-bond acceptors (Lipinski definition) is 5. The fraction of sp³-hybridized carbons (Fsp3) is 0.368. The Labute approximate surface area is 146 Å². The molecular formula is C19H20N2O4. The third-order valence-corrected chi connectivity index (χ3v) is 4.38. The molecule has 130 valence electrons. The molecule has 25 heavy (non-hydrogen) atoms. The maximum atomic E-state index is 13.1. The van der Waals surface area contributed by atoms with E-state index in [1.165, 1.54) is 0 Å². The molecule has 0 bridgehead atoms. The minimum atomic E-state index is -0.0385. The molecule has 6 heteroatoms. The van der Waals surface area contributed by atoms with Gasteiger partial charge in [-0.3, -0.25) is 9.78 Å². The number of fused-ring (bicyclic) bond motifs is 1. The Balaban J connectivity index is 1.64. The number of nitrogens with zero attached hydrogens (tertiary/aromatic N) is 2. The first kappa shape index (κ1) is 15.7. The van der Waals surface area contributed by atoms with Crippen LogP contribution in [0.15, 0.2) is 36.5 Å². The molecule has 2 aromatic rings. The molecule has 0 N–H and O–H groups in total. The number of aromatic nitrogens is 1. The van der Waals surface area contributed by atoms with E-state index >= 15 is 0 Å². The Morgan fingerprint density at radius 3 is 2.84 bits per heavy atom. The van der Waals surface area contributed by atoms with Crippen molar-refractivity contribution in [2.45, 2.75) is 25.4 Å². The summed E-state index contributed by atoms with van der Waals surface area (Å²) in [7, 11) is 1.56. The van der Waals surface area contributed by atoms with Crippen molar-refractivity contribution in [1.82, 2.24) is 9.88 Å². The highest BCUT2D eigenvalue weighted by molar-refractivity contribution is 5.96. The molecule has 0 spiro atoms. The number of methoxy groups -OCH3 is 1. The quantitative estimate of drug-likeness (QED) is 0.837. The second-order valence-electron chi connectivity index (χ2n) is 6.19. The lowest BCUT2D eigenvalue weighted by atomic mass is 10.1. The largest absolute Gasteiger partial charge is 0.493 e. The van der Waals surface area contributed by atoms with Crippen molar-refractivity contribution in [3.8, 4) is 17.2 Å². The van der Waals surface area contributed by atoms with Crippen molar-refractivity contribution in [3.63, 3.8) is 0 Å². The molecule has 0 radical (unpaired) electrons. The van der Waals surface area contributed by atoms with Crippen LogP contribution < -0.4 is 14.2 Å². The molecule has 2 aliphatic rings. The maximum absolute atomic E-state index is 13.1. The lowest BCUT2D eigenvalue weighted by molar-refractivity contribution is 0.0726. The van der Waals surface area contributed by atoms with Gasteiger partial charge in [0.2, 0.25) is 5.75 Å². The van der Waals surface area contributed by atoms with Crippen LogP contribution in [-0.2, 0) is 6.54 Å². The zero-order valence-corrected chi connectivity index (χ0v) is 14.1. The van der Waals surface area contributed by atoms with Crippen molar-refractivity contribution in [2.24, 2.45) is 0 Å². The van der Waals surface area contributed by atoms with Crippen molar-refractivity contribution in [1.29, 1.82) is 0 Å². The topological polar surface area (TPSA) is 60.9 Å². The summed E-state index contributed by atoms with van der Waals surface area (Å²) >= 11 is 0. The molecule has 1 aromatic heterocycles. The van der Waals surface area contributed by atoms with Gasteiger partial charge in [0.1, 0.15) is 13.2 Å². The van der Waals surface area contributed by atoms with Crippen LogP contribution in [0.4, 0.5) is 0 Å². The predicted octanol–water partition coefficient (Wildman–Crippen LogP) is 2.67. The van der Waals surface area contributed by atoms with Gasteiger partial charge in [-0.05, 0) is 37.1 Å². The van der Waals surface area contributed by atoms with Crippen molar-refractivity contribution in [3.05, 3.63) is 47.8 Å². The third kappa shape index (κ3) is 3.24. The number of hydrogen-bond donors (Lipinski definition) is 0. The number of carbonyl (C=O) groups excluding carboxylic acids is 1. The lowest BCUT2D eigenvalue weighted by Crippen LogP contribution is -2.33. The van der Waals surface area contributed by atoms with Gasteiger partial charge in [-0.1, -0.05) is 6.07 Å². The van der Waals surface area contributed by atoms with Gasteiger partial charge in [-0.2, -0.15) is 0 Å². The minimum absolute atomic E-state index is 0.0385. The maximum Gasteiger partial charge on any atom is 0.254 e.